The Morgan fingerprint density at radius 1 is 1.24 bits per heavy atom. The highest BCUT2D eigenvalue weighted by Crippen LogP contribution is 2.31. The topological polar surface area (TPSA) is 111 Å². The Bertz CT molecular complexity index is 996. The van der Waals surface area contributed by atoms with Gasteiger partial charge >= 0.3 is 6.03 Å². The predicted octanol–water partition coefficient (Wildman–Crippen LogP) is 3.31. The number of anilines is 1. The number of hydrogen-bond donors (Lipinski definition) is 3. The van der Waals surface area contributed by atoms with E-state index in [1.54, 1.807) is 41.2 Å². The quantitative estimate of drug-likeness (QED) is 0.320. The Morgan fingerprint density at radius 3 is 2.62 bits per heavy atom. The normalized spacial score (nSPS) is 10.8. The summed E-state index contributed by atoms with van der Waals surface area (Å²) in [6, 6.07) is 11.7. The second-order valence-electron chi connectivity index (χ2n) is 5.83. The SMILES string of the molecule is NNC(=O)N(N)c1cccc(C(F)F)c1COc1ccn(-c2ccc(Cl)cc2)n1. The number of rotatable bonds is 6. The zero-order valence-corrected chi connectivity index (χ0v) is 15.7. The van der Waals surface area contributed by atoms with Crippen LogP contribution < -0.4 is 26.9 Å². The van der Waals surface area contributed by atoms with Gasteiger partial charge < -0.3 is 4.74 Å². The van der Waals surface area contributed by atoms with Gasteiger partial charge in [0.15, 0.2) is 0 Å². The summed E-state index contributed by atoms with van der Waals surface area (Å²) in [5.74, 6) is 11.0. The smallest absolute Gasteiger partial charge is 0.350 e. The Morgan fingerprint density at radius 2 is 1.97 bits per heavy atom. The molecule has 0 aliphatic heterocycles. The number of hydrogen-bond acceptors (Lipinski definition) is 5. The van der Waals surface area contributed by atoms with Crippen LogP contribution in [0.15, 0.2) is 54.7 Å². The monoisotopic (exact) mass is 422 g/mol. The fourth-order valence-corrected chi connectivity index (χ4v) is 2.75. The molecule has 11 heteroatoms. The van der Waals surface area contributed by atoms with Crippen molar-refractivity contribution in [3.8, 4) is 11.6 Å². The molecule has 0 fully saturated rings. The number of hydrazine groups is 2. The van der Waals surface area contributed by atoms with E-state index in [0.29, 0.717) is 10.0 Å². The van der Waals surface area contributed by atoms with E-state index >= 15 is 0 Å². The van der Waals surface area contributed by atoms with Crippen molar-refractivity contribution in [1.29, 1.82) is 0 Å². The largest absolute Gasteiger partial charge is 0.472 e. The van der Waals surface area contributed by atoms with Crippen molar-refractivity contribution in [3.63, 3.8) is 0 Å². The molecule has 0 radical (unpaired) electrons. The van der Waals surface area contributed by atoms with Crippen LogP contribution in [-0.4, -0.2) is 15.8 Å². The van der Waals surface area contributed by atoms with Crippen LogP contribution in [0.25, 0.3) is 5.69 Å². The molecule has 3 rings (SSSR count). The van der Waals surface area contributed by atoms with Gasteiger partial charge in [-0.2, -0.15) is 0 Å². The standard InChI is InChI=1S/C18H17ClF2N6O2/c19-11-4-6-12(7-5-11)26-9-8-16(25-26)29-10-14-13(17(20)21)2-1-3-15(14)27(23)18(28)24-22/h1-9,17H,10,22-23H2,(H,24,28). The molecule has 8 nitrogen and oxygen atoms in total. The lowest BCUT2D eigenvalue weighted by atomic mass is 10.1. The molecule has 0 aliphatic carbocycles. The fraction of sp³-hybridized carbons (Fsp3) is 0.111. The lowest BCUT2D eigenvalue weighted by Crippen LogP contribution is -2.48. The molecule has 2 amide bonds. The number of nitrogens with one attached hydrogen (secondary N) is 1. The summed E-state index contributed by atoms with van der Waals surface area (Å²) in [5.41, 5.74) is 2.34. The van der Waals surface area contributed by atoms with E-state index in [1.807, 2.05) is 5.43 Å². The first kappa shape index (κ1) is 20.5. The summed E-state index contributed by atoms with van der Waals surface area (Å²) in [5, 5.41) is 5.47. The highest BCUT2D eigenvalue weighted by Gasteiger charge is 2.22. The molecule has 3 aromatic rings. The van der Waals surface area contributed by atoms with Crippen LogP contribution in [0.2, 0.25) is 5.02 Å². The fourth-order valence-electron chi connectivity index (χ4n) is 2.63. The first-order valence-electron chi connectivity index (χ1n) is 8.30. The van der Waals surface area contributed by atoms with Crippen LogP contribution in [0.4, 0.5) is 19.3 Å². The lowest BCUT2D eigenvalue weighted by Gasteiger charge is -2.21. The number of carbonyl (C=O) groups is 1. The number of carbonyl (C=O) groups excluding carboxylic acids is 1. The van der Waals surface area contributed by atoms with Crippen molar-refractivity contribution in [3.05, 3.63) is 70.9 Å². The molecule has 2 aromatic carbocycles. The third-order valence-corrected chi connectivity index (χ3v) is 4.30. The average Bonchev–Trinajstić information content (AvgIpc) is 3.20. The molecular formula is C18H17ClF2N6O2. The second-order valence-corrected chi connectivity index (χ2v) is 6.27. The molecule has 1 heterocycles. The molecular weight excluding hydrogens is 406 g/mol. The molecule has 5 N–H and O–H groups in total. The molecule has 0 saturated heterocycles. The third-order valence-electron chi connectivity index (χ3n) is 4.04. The van der Waals surface area contributed by atoms with E-state index in [2.05, 4.69) is 5.10 Å². The van der Waals surface area contributed by atoms with E-state index in [9.17, 15) is 13.6 Å². The van der Waals surface area contributed by atoms with Gasteiger partial charge in [0.1, 0.15) is 6.61 Å². The van der Waals surface area contributed by atoms with Crippen LogP contribution in [0, 0.1) is 0 Å². The molecule has 152 valence electrons. The zero-order valence-electron chi connectivity index (χ0n) is 14.9. The van der Waals surface area contributed by atoms with E-state index in [0.717, 1.165) is 5.69 Å². The summed E-state index contributed by atoms with van der Waals surface area (Å²) >= 11 is 5.87. The van der Waals surface area contributed by atoms with Crippen molar-refractivity contribution < 1.29 is 18.3 Å². The van der Waals surface area contributed by atoms with Crippen molar-refractivity contribution in [1.82, 2.24) is 15.2 Å². The molecule has 0 saturated carbocycles. The molecule has 1 aromatic heterocycles. The number of amides is 2. The van der Waals surface area contributed by atoms with E-state index in [4.69, 9.17) is 28.0 Å². The van der Waals surface area contributed by atoms with Gasteiger partial charge in [-0.05, 0) is 30.3 Å². The Labute approximate surface area is 169 Å². The molecule has 0 spiro atoms. The van der Waals surface area contributed by atoms with Crippen molar-refractivity contribution in [2.75, 3.05) is 5.01 Å². The minimum atomic E-state index is -2.80. The van der Waals surface area contributed by atoms with Gasteiger partial charge in [-0.25, -0.2) is 35.0 Å². The van der Waals surface area contributed by atoms with Crippen LogP contribution in [0.1, 0.15) is 17.6 Å². The molecule has 0 aliphatic rings. The minimum Gasteiger partial charge on any atom is -0.472 e. The van der Waals surface area contributed by atoms with Gasteiger partial charge in [0.2, 0.25) is 5.88 Å². The third kappa shape index (κ3) is 4.62. The lowest BCUT2D eigenvalue weighted by molar-refractivity contribution is 0.148. The van der Waals surface area contributed by atoms with Crippen LogP contribution >= 0.6 is 11.6 Å². The highest BCUT2D eigenvalue weighted by molar-refractivity contribution is 6.30. The van der Waals surface area contributed by atoms with Gasteiger partial charge in [-0.1, -0.05) is 23.7 Å². The molecule has 0 bridgehead atoms. The van der Waals surface area contributed by atoms with E-state index < -0.39 is 12.5 Å². The summed E-state index contributed by atoms with van der Waals surface area (Å²) in [6.07, 6.45) is -1.15. The van der Waals surface area contributed by atoms with Crippen LogP contribution in [0.3, 0.4) is 0 Å². The number of aromatic nitrogens is 2. The number of ether oxygens (including phenoxy) is 1. The molecule has 0 atom stereocenters. The Hall–Kier alpha value is -3.21. The maximum atomic E-state index is 13.5. The maximum absolute atomic E-state index is 13.5. The minimum absolute atomic E-state index is 0.0304. The number of urea groups is 1. The van der Waals surface area contributed by atoms with Crippen molar-refractivity contribution >= 4 is 23.3 Å². The number of halogens is 3. The maximum Gasteiger partial charge on any atom is 0.350 e. The van der Waals surface area contributed by atoms with Gasteiger partial charge in [-0.3, -0.25) is 5.43 Å². The van der Waals surface area contributed by atoms with Gasteiger partial charge in [0.25, 0.3) is 6.43 Å². The Balaban J connectivity index is 1.84. The van der Waals surface area contributed by atoms with E-state index in [-0.39, 0.29) is 29.3 Å². The first-order chi connectivity index (χ1) is 13.9. The van der Waals surface area contributed by atoms with Crippen LogP contribution in [-0.2, 0) is 6.61 Å². The summed E-state index contributed by atoms with van der Waals surface area (Å²) in [6.45, 7) is -0.293. The van der Waals surface area contributed by atoms with Crippen molar-refractivity contribution in [2.24, 2.45) is 11.7 Å². The highest BCUT2D eigenvalue weighted by atomic mass is 35.5. The van der Waals surface area contributed by atoms with E-state index in [1.165, 1.54) is 18.2 Å². The summed E-state index contributed by atoms with van der Waals surface area (Å²) in [4.78, 5) is 11.7. The number of alkyl halides is 2. The molecule has 29 heavy (non-hydrogen) atoms. The van der Waals surface area contributed by atoms with Gasteiger partial charge in [-0.15, -0.1) is 5.10 Å². The summed E-state index contributed by atoms with van der Waals surface area (Å²) in [7, 11) is 0. The Kier molecular flexibility index (Phi) is 6.27. The van der Waals surface area contributed by atoms with Gasteiger partial charge in [0.05, 0.1) is 11.4 Å². The zero-order chi connectivity index (χ0) is 21.0. The van der Waals surface area contributed by atoms with Crippen molar-refractivity contribution in [2.45, 2.75) is 13.0 Å². The summed E-state index contributed by atoms with van der Waals surface area (Å²) < 4.78 is 34.1. The number of nitrogens with two attached hydrogens (primary N) is 2. The van der Waals surface area contributed by atoms with Crippen LogP contribution in [0.5, 0.6) is 5.88 Å². The second kappa shape index (κ2) is 8.86. The predicted molar refractivity (Wildman–Crippen MR) is 104 cm³/mol. The number of benzene rings is 2. The average molecular weight is 423 g/mol. The number of nitrogens with zero attached hydrogens (tertiary/aromatic N) is 3. The molecule has 0 unspecified atom stereocenters. The first-order valence-corrected chi connectivity index (χ1v) is 8.68. The van der Waals surface area contributed by atoms with Gasteiger partial charge in [0, 0.05) is 28.4 Å².